The Morgan fingerprint density at radius 1 is 0.406 bits per heavy atom. The van der Waals surface area contributed by atoms with Gasteiger partial charge < -0.3 is 25.0 Å². The van der Waals surface area contributed by atoms with Crippen LogP contribution >= 0.6 is 0 Å². The third-order valence-electron chi connectivity index (χ3n) is 13.0. The summed E-state index contributed by atoms with van der Waals surface area (Å²) >= 11 is 0. The Bertz CT molecular complexity index is 2270. The van der Waals surface area contributed by atoms with Gasteiger partial charge in [-0.15, -0.1) is 0 Å². The van der Waals surface area contributed by atoms with Gasteiger partial charge in [-0.2, -0.15) is 0 Å². The minimum atomic E-state index is -0.110. The molecule has 0 saturated carbocycles. The van der Waals surface area contributed by atoms with E-state index in [0.29, 0.717) is 13.2 Å². The van der Waals surface area contributed by atoms with Gasteiger partial charge in [0, 0.05) is 16.8 Å². The maximum atomic E-state index is 10.0. The molecule has 336 valence electrons. The summed E-state index contributed by atoms with van der Waals surface area (Å²) in [7, 11) is 0. The predicted octanol–water partition coefficient (Wildman–Crippen LogP) is 16.4. The Morgan fingerprint density at radius 2 is 0.797 bits per heavy atom. The number of phenols is 1. The monoisotopic (exact) mass is 857 g/mol. The molecule has 0 atom stereocenters. The van der Waals surface area contributed by atoms with E-state index in [0.717, 1.165) is 74.6 Å². The molecule has 6 aromatic rings. The summed E-state index contributed by atoms with van der Waals surface area (Å²) < 4.78 is 13.0. The van der Waals surface area contributed by atoms with Crippen LogP contribution in [0.15, 0.2) is 121 Å². The maximum absolute atomic E-state index is 10.0. The summed E-state index contributed by atoms with van der Waals surface area (Å²) in [6.45, 7) is 5.88. The highest BCUT2D eigenvalue weighted by atomic mass is 16.5. The highest BCUT2D eigenvalue weighted by Gasteiger charge is 2.26. The quantitative estimate of drug-likeness (QED) is 0.0339. The Kier molecular flexibility index (Phi) is 18.4. The van der Waals surface area contributed by atoms with E-state index in [9.17, 15) is 5.11 Å². The van der Waals surface area contributed by atoms with Gasteiger partial charge in [-0.25, -0.2) is 0 Å². The van der Waals surface area contributed by atoms with Crippen LogP contribution in [0, 0.1) is 0 Å². The molecule has 0 saturated heterocycles. The van der Waals surface area contributed by atoms with Crippen molar-refractivity contribution in [3.8, 4) is 50.6 Å². The molecule has 0 fully saturated rings. The van der Waals surface area contributed by atoms with Crippen molar-refractivity contribution >= 4 is 34.6 Å². The van der Waals surface area contributed by atoms with Crippen LogP contribution in [0.5, 0.6) is 17.2 Å². The zero-order valence-corrected chi connectivity index (χ0v) is 38.9. The van der Waals surface area contributed by atoms with Gasteiger partial charge in [-0.05, 0) is 112 Å². The van der Waals surface area contributed by atoms with Crippen LogP contribution in [0.1, 0.15) is 142 Å². The number of ether oxygens (including phenoxy) is 2. The SMILES string of the molecule is CCCCCCCCCCCCOc1cc(B2Nc3cccc4cccc(c34)N2)cc(-c2ccc(-c3cc(OCCCCCCCCCCCC)cc(-c4ccc(O)cc4)c3)cc2)c1. The fourth-order valence-corrected chi connectivity index (χ4v) is 9.22. The Labute approximate surface area is 385 Å². The largest absolute Gasteiger partial charge is 0.508 e. The number of rotatable bonds is 28. The minimum Gasteiger partial charge on any atom is -0.508 e. The highest BCUT2D eigenvalue weighted by Crippen LogP contribution is 2.36. The molecule has 0 aromatic heterocycles. The topological polar surface area (TPSA) is 62.8 Å². The van der Waals surface area contributed by atoms with E-state index >= 15 is 0 Å². The zero-order chi connectivity index (χ0) is 44.2. The van der Waals surface area contributed by atoms with Crippen LogP contribution in [0.25, 0.3) is 44.2 Å². The van der Waals surface area contributed by atoms with Crippen LogP contribution in [-0.2, 0) is 0 Å². The number of anilines is 2. The molecular weight excluding hydrogens is 783 g/mol. The number of phenolic OH excluding ortho intramolecular Hbond substituents is 1. The highest BCUT2D eigenvalue weighted by molar-refractivity contribution is 6.80. The third kappa shape index (κ3) is 13.8. The fraction of sp³-hybridized carbons (Fsp3) is 0.414. The molecule has 7 rings (SSSR count). The molecule has 1 aliphatic rings. The van der Waals surface area contributed by atoms with Crippen LogP contribution in [0.3, 0.4) is 0 Å². The molecule has 6 heteroatoms. The van der Waals surface area contributed by atoms with E-state index in [4.69, 9.17) is 9.47 Å². The van der Waals surface area contributed by atoms with Gasteiger partial charge in [0.05, 0.1) is 13.2 Å². The number of benzene rings is 6. The van der Waals surface area contributed by atoms with Crippen LogP contribution in [-0.4, -0.2) is 25.3 Å². The first-order valence-electron chi connectivity index (χ1n) is 25.1. The van der Waals surface area contributed by atoms with Crippen molar-refractivity contribution in [1.29, 1.82) is 0 Å². The van der Waals surface area contributed by atoms with Gasteiger partial charge in [0.25, 0.3) is 0 Å². The van der Waals surface area contributed by atoms with Gasteiger partial charge in [-0.1, -0.05) is 196 Å². The van der Waals surface area contributed by atoms with E-state index in [-0.39, 0.29) is 12.7 Å². The molecule has 5 nitrogen and oxygen atoms in total. The van der Waals surface area contributed by atoms with E-state index in [1.807, 2.05) is 12.1 Å². The number of hydrogen-bond acceptors (Lipinski definition) is 5. The van der Waals surface area contributed by atoms with Crippen molar-refractivity contribution in [1.82, 2.24) is 0 Å². The third-order valence-corrected chi connectivity index (χ3v) is 13.0. The number of aromatic hydroxyl groups is 1. The van der Waals surface area contributed by atoms with E-state index in [1.165, 1.54) is 126 Å². The summed E-state index contributed by atoms with van der Waals surface area (Å²) in [5.41, 5.74) is 10.0. The molecule has 1 aliphatic heterocycles. The molecule has 64 heavy (non-hydrogen) atoms. The molecule has 1 heterocycles. The number of unbranched alkanes of at least 4 members (excludes halogenated alkanes) is 18. The van der Waals surface area contributed by atoms with Gasteiger partial charge in [0.2, 0.25) is 0 Å². The molecule has 0 unspecified atom stereocenters. The van der Waals surface area contributed by atoms with Crippen molar-refractivity contribution in [2.75, 3.05) is 23.7 Å². The summed E-state index contributed by atoms with van der Waals surface area (Å²) in [5.74, 6) is 2.04. The fourth-order valence-electron chi connectivity index (χ4n) is 9.22. The van der Waals surface area contributed by atoms with Crippen molar-refractivity contribution in [2.45, 2.75) is 142 Å². The average molecular weight is 857 g/mol. The first-order chi connectivity index (χ1) is 31.6. The molecule has 0 amide bonds. The Balaban J connectivity index is 1.05. The molecule has 0 spiro atoms. The minimum absolute atomic E-state index is 0.110. The summed E-state index contributed by atoms with van der Waals surface area (Å²) in [5, 5.41) is 20.1. The van der Waals surface area contributed by atoms with E-state index in [1.54, 1.807) is 12.1 Å². The lowest BCUT2D eigenvalue weighted by molar-refractivity contribution is 0.304. The van der Waals surface area contributed by atoms with Crippen LogP contribution in [0.4, 0.5) is 11.4 Å². The smallest absolute Gasteiger partial charge is 0.406 e. The van der Waals surface area contributed by atoms with Gasteiger partial charge in [-0.3, -0.25) is 0 Å². The predicted molar refractivity (Wildman–Crippen MR) is 276 cm³/mol. The lowest BCUT2D eigenvalue weighted by Gasteiger charge is -2.27. The van der Waals surface area contributed by atoms with E-state index < -0.39 is 0 Å². The lowest BCUT2D eigenvalue weighted by atomic mass is 9.65. The van der Waals surface area contributed by atoms with Crippen LogP contribution in [0.2, 0.25) is 0 Å². The molecular formula is C58H73BN2O3. The maximum Gasteiger partial charge on any atom is 0.406 e. The Morgan fingerprint density at radius 3 is 1.25 bits per heavy atom. The van der Waals surface area contributed by atoms with E-state index in [2.05, 4.69) is 121 Å². The molecule has 0 radical (unpaired) electrons. The van der Waals surface area contributed by atoms with Crippen molar-refractivity contribution < 1.29 is 14.6 Å². The summed E-state index contributed by atoms with van der Waals surface area (Å²) in [6.07, 6.45) is 26.0. The Hall–Kier alpha value is -5.36. The van der Waals surface area contributed by atoms with Gasteiger partial charge in [0.15, 0.2) is 0 Å². The van der Waals surface area contributed by atoms with Gasteiger partial charge in [0.1, 0.15) is 17.2 Å². The molecule has 3 N–H and O–H groups in total. The zero-order valence-electron chi connectivity index (χ0n) is 38.9. The normalized spacial score (nSPS) is 12.0. The number of nitrogens with one attached hydrogen (secondary N) is 2. The first kappa shape index (κ1) is 46.6. The molecule has 0 bridgehead atoms. The molecule has 0 aliphatic carbocycles. The van der Waals surface area contributed by atoms with Crippen LogP contribution < -0.4 is 25.4 Å². The average Bonchev–Trinajstić information content (AvgIpc) is 3.32. The second-order valence-corrected chi connectivity index (χ2v) is 18.2. The standard InChI is InChI=1S/C58H73BN2O3/c1-3-5-7-9-11-13-15-17-19-21-37-63-54-41-49(39-50(42-54)47-33-35-53(62)36-34-47)45-29-31-46(32-30-45)51-40-52(59-60-56-27-23-25-48-26-24-28-57(61-59)58(48)56)44-55(43-51)64-38-22-20-18-16-14-12-10-8-6-4-2/h23-36,39-44,60-62H,3-22,37-38H2,1-2H3. The van der Waals surface area contributed by atoms with Crippen molar-refractivity contribution in [3.05, 3.63) is 121 Å². The number of hydrogen-bond donors (Lipinski definition) is 3. The second kappa shape index (κ2) is 25.2. The van der Waals surface area contributed by atoms with Crippen molar-refractivity contribution in [3.63, 3.8) is 0 Å². The first-order valence-corrected chi connectivity index (χ1v) is 25.1. The summed E-state index contributed by atoms with van der Waals surface area (Å²) in [6, 6.07) is 42.6. The van der Waals surface area contributed by atoms with Crippen molar-refractivity contribution in [2.24, 2.45) is 0 Å². The van der Waals surface area contributed by atoms with Gasteiger partial charge >= 0.3 is 6.98 Å². The molecule has 6 aromatic carbocycles. The second-order valence-electron chi connectivity index (χ2n) is 18.2. The summed E-state index contributed by atoms with van der Waals surface area (Å²) in [4.78, 5) is 0. The lowest BCUT2D eigenvalue weighted by Crippen LogP contribution is -2.47.